The Labute approximate surface area is 157 Å². The average molecular weight is 364 g/mol. The van der Waals surface area contributed by atoms with Gasteiger partial charge >= 0.3 is 5.97 Å². The number of esters is 1. The van der Waals surface area contributed by atoms with E-state index in [0.717, 1.165) is 11.1 Å². The number of Topliss-reactive ketones (excluding diaryl/α,β-unsaturated/α-hetero) is 1. The molecule has 0 heterocycles. The summed E-state index contributed by atoms with van der Waals surface area (Å²) in [6.07, 6.45) is 3.35. The lowest BCUT2D eigenvalue weighted by molar-refractivity contribution is -0.142. The van der Waals surface area contributed by atoms with Gasteiger partial charge in [0.2, 0.25) is 0 Å². The van der Waals surface area contributed by atoms with Crippen molar-refractivity contribution in [2.75, 3.05) is 13.2 Å². The topological polar surface area (TPSA) is 69.7 Å². The smallest absolute Gasteiger partial charge is 0.310 e. The number of ketones is 2. The van der Waals surface area contributed by atoms with Gasteiger partial charge < -0.3 is 9.47 Å². The Hall–Kier alpha value is -3.21. The van der Waals surface area contributed by atoms with Gasteiger partial charge in [-0.05, 0) is 41.8 Å². The molecule has 0 fully saturated rings. The highest BCUT2D eigenvalue weighted by molar-refractivity contribution is 6.16. The second-order valence-corrected chi connectivity index (χ2v) is 6.18. The molecule has 5 heteroatoms. The number of carbonyl (C=O) groups is 3. The summed E-state index contributed by atoms with van der Waals surface area (Å²) in [4.78, 5) is 36.3. The van der Waals surface area contributed by atoms with Gasteiger partial charge in [0.1, 0.15) is 18.3 Å². The van der Waals surface area contributed by atoms with Crippen LogP contribution in [0.1, 0.15) is 29.5 Å². The molecule has 5 nitrogen and oxygen atoms in total. The molecular weight excluding hydrogens is 344 g/mol. The molecule has 0 bridgehead atoms. The third kappa shape index (κ3) is 4.50. The lowest BCUT2D eigenvalue weighted by atomic mass is 9.83. The summed E-state index contributed by atoms with van der Waals surface area (Å²) < 4.78 is 10.5. The van der Waals surface area contributed by atoms with Crippen LogP contribution in [-0.4, -0.2) is 30.7 Å². The lowest BCUT2D eigenvalue weighted by Crippen LogP contribution is -2.27. The van der Waals surface area contributed by atoms with Gasteiger partial charge in [0.15, 0.2) is 11.6 Å². The van der Waals surface area contributed by atoms with Crippen LogP contribution in [0.3, 0.4) is 0 Å². The third-order valence-electron chi connectivity index (χ3n) is 4.30. The fraction of sp³-hybridized carbons (Fsp3) is 0.227. The van der Waals surface area contributed by atoms with Crippen molar-refractivity contribution in [1.82, 2.24) is 0 Å². The molecule has 1 unspecified atom stereocenters. The largest absolute Gasteiger partial charge is 0.486 e. The maximum Gasteiger partial charge on any atom is 0.310 e. The van der Waals surface area contributed by atoms with E-state index in [4.69, 9.17) is 9.47 Å². The van der Waals surface area contributed by atoms with Crippen LogP contribution in [0.25, 0.3) is 6.08 Å². The van der Waals surface area contributed by atoms with Crippen LogP contribution < -0.4 is 4.74 Å². The summed E-state index contributed by atoms with van der Waals surface area (Å²) in [6.45, 7) is 1.91. The third-order valence-corrected chi connectivity index (χ3v) is 4.30. The predicted octanol–water partition coefficient (Wildman–Crippen LogP) is 3.12. The first kappa shape index (κ1) is 18.6. The zero-order valence-electron chi connectivity index (χ0n) is 15.0. The summed E-state index contributed by atoms with van der Waals surface area (Å²) in [5.74, 6) is -1.12. The summed E-state index contributed by atoms with van der Waals surface area (Å²) in [5.41, 5.74) is 2.39. The van der Waals surface area contributed by atoms with E-state index in [-0.39, 0.29) is 30.6 Å². The number of benzene rings is 2. The molecule has 2 aromatic carbocycles. The number of allylic oxidation sites excluding steroid dienone is 1. The van der Waals surface area contributed by atoms with Gasteiger partial charge in [-0.2, -0.15) is 0 Å². The van der Waals surface area contributed by atoms with Crippen molar-refractivity contribution >= 4 is 23.6 Å². The van der Waals surface area contributed by atoms with E-state index in [9.17, 15) is 14.4 Å². The van der Waals surface area contributed by atoms with Gasteiger partial charge in [0.05, 0.1) is 13.0 Å². The van der Waals surface area contributed by atoms with E-state index in [2.05, 4.69) is 0 Å². The Kier molecular flexibility index (Phi) is 5.81. The summed E-state index contributed by atoms with van der Waals surface area (Å²) in [5, 5.41) is 0. The zero-order valence-corrected chi connectivity index (χ0v) is 15.0. The molecule has 0 aromatic heterocycles. The normalized spacial score (nSPS) is 15.1. The number of carbonyl (C=O) groups excluding carboxylic acids is 3. The first-order valence-electron chi connectivity index (χ1n) is 8.79. The van der Waals surface area contributed by atoms with Crippen molar-refractivity contribution in [3.05, 3.63) is 71.3 Å². The first-order chi connectivity index (χ1) is 13.1. The molecule has 27 heavy (non-hydrogen) atoms. The highest BCUT2D eigenvalue weighted by Crippen LogP contribution is 2.28. The van der Waals surface area contributed by atoms with Crippen molar-refractivity contribution < 1.29 is 23.9 Å². The zero-order chi connectivity index (χ0) is 19.2. The van der Waals surface area contributed by atoms with Crippen LogP contribution in [-0.2, 0) is 25.5 Å². The van der Waals surface area contributed by atoms with Crippen molar-refractivity contribution in [2.24, 2.45) is 0 Å². The first-order valence-corrected chi connectivity index (χ1v) is 8.79. The van der Waals surface area contributed by atoms with E-state index < -0.39 is 5.92 Å². The van der Waals surface area contributed by atoms with E-state index in [1.54, 1.807) is 43.3 Å². The summed E-state index contributed by atoms with van der Waals surface area (Å²) >= 11 is 0. The number of hydrogen-bond acceptors (Lipinski definition) is 5. The van der Waals surface area contributed by atoms with Crippen LogP contribution >= 0.6 is 0 Å². The van der Waals surface area contributed by atoms with Crippen molar-refractivity contribution in [3.8, 4) is 5.75 Å². The van der Waals surface area contributed by atoms with Gasteiger partial charge in [-0.15, -0.1) is 0 Å². The molecule has 1 aliphatic rings. The van der Waals surface area contributed by atoms with Gasteiger partial charge in [0.25, 0.3) is 0 Å². The van der Waals surface area contributed by atoms with Gasteiger partial charge in [-0.25, -0.2) is 0 Å². The Bertz CT molecular complexity index is 880. The molecule has 138 valence electrons. The number of ether oxygens (including phenoxy) is 2. The molecule has 0 amide bonds. The van der Waals surface area contributed by atoms with Crippen LogP contribution in [0.5, 0.6) is 5.75 Å². The molecular formula is C22H20O5. The standard InChI is InChI=1S/C22H20O5/c1-2-26-21(25)13-15-7-10-17(11-8-15)27-14-20(24)22-18-6-4-3-5-16(18)9-12-19(22)23/h3-12,22H,2,13-14H2,1H3. The quantitative estimate of drug-likeness (QED) is 0.558. The average Bonchev–Trinajstić information content (AvgIpc) is 2.67. The number of fused-ring (bicyclic) bond motifs is 1. The van der Waals surface area contributed by atoms with Gasteiger partial charge in [0, 0.05) is 0 Å². The van der Waals surface area contributed by atoms with E-state index in [0.29, 0.717) is 17.9 Å². The second-order valence-electron chi connectivity index (χ2n) is 6.18. The van der Waals surface area contributed by atoms with E-state index >= 15 is 0 Å². The molecule has 0 saturated carbocycles. The minimum absolute atomic E-state index is 0.187. The van der Waals surface area contributed by atoms with Crippen LogP contribution in [0.2, 0.25) is 0 Å². The lowest BCUT2D eigenvalue weighted by Gasteiger charge is -2.19. The highest BCUT2D eigenvalue weighted by atomic mass is 16.5. The van der Waals surface area contributed by atoms with E-state index in [1.165, 1.54) is 6.08 Å². The maximum atomic E-state index is 12.6. The fourth-order valence-corrected chi connectivity index (χ4v) is 3.00. The predicted molar refractivity (Wildman–Crippen MR) is 101 cm³/mol. The molecule has 1 atom stereocenters. The van der Waals surface area contributed by atoms with E-state index in [1.807, 2.05) is 18.2 Å². The molecule has 0 spiro atoms. The molecule has 1 aliphatic carbocycles. The minimum Gasteiger partial charge on any atom is -0.486 e. The Balaban J connectivity index is 1.61. The van der Waals surface area contributed by atoms with Gasteiger partial charge in [-0.3, -0.25) is 14.4 Å². The summed E-state index contributed by atoms with van der Waals surface area (Å²) in [7, 11) is 0. The van der Waals surface area contributed by atoms with Gasteiger partial charge in [-0.1, -0.05) is 42.5 Å². The molecule has 2 aromatic rings. The van der Waals surface area contributed by atoms with Crippen molar-refractivity contribution in [3.63, 3.8) is 0 Å². The Morgan fingerprint density at radius 1 is 1.00 bits per heavy atom. The Morgan fingerprint density at radius 3 is 2.48 bits per heavy atom. The number of rotatable bonds is 7. The maximum absolute atomic E-state index is 12.6. The van der Waals surface area contributed by atoms with Crippen molar-refractivity contribution in [1.29, 1.82) is 0 Å². The number of hydrogen-bond donors (Lipinski definition) is 0. The van der Waals surface area contributed by atoms with Crippen LogP contribution in [0.4, 0.5) is 0 Å². The fourth-order valence-electron chi connectivity index (χ4n) is 3.00. The minimum atomic E-state index is -0.825. The summed E-state index contributed by atoms with van der Waals surface area (Å²) in [6, 6.07) is 14.2. The Morgan fingerprint density at radius 2 is 1.74 bits per heavy atom. The molecule has 0 radical (unpaired) electrons. The molecule has 0 saturated heterocycles. The molecule has 3 rings (SSSR count). The van der Waals surface area contributed by atoms with Crippen LogP contribution in [0.15, 0.2) is 54.6 Å². The van der Waals surface area contributed by atoms with Crippen LogP contribution in [0, 0.1) is 0 Å². The highest BCUT2D eigenvalue weighted by Gasteiger charge is 2.30. The molecule has 0 N–H and O–H groups in total. The monoisotopic (exact) mass is 364 g/mol. The second kappa shape index (κ2) is 8.45. The molecule has 0 aliphatic heterocycles. The SMILES string of the molecule is CCOC(=O)Cc1ccc(OCC(=O)C2C(=O)C=Cc3ccccc32)cc1. The van der Waals surface area contributed by atoms with Crippen molar-refractivity contribution in [2.45, 2.75) is 19.3 Å².